The predicted octanol–water partition coefficient (Wildman–Crippen LogP) is 3.51. The highest BCUT2D eigenvalue weighted by Crippen LogP contribution is 2.33. The number of nitrogens with two attached hydrogens (primary N) is 1. The number of hydrogen-bond donors (Lipinski definition) is 2. The summed E-state index contributed by atoms with van der Waals surface area (Å²) in [5.41, 5.74) is 7.38. The summed E-state index contributed by atoms with van der Waals surface area (Å²) in [7, 11) is 0. The van der Waals surface area contributed by atoms with Gasteiger partial charge in [-0.25, -0.2) is 14.2 Å². The van der Waals surface area contributed by atoms with Crippen LogP contribution >= 0.6 is 0 Å². The normalized spacial score (nSPS) is 15.8. The molecule has 0 bridgehead atoms. The molecule has 3 N–H and O–H groups in total. The number of hydrogen-bond acceptors (Lipinski definition) is 6. The molecule has 0 aliphatic carbocycles. The SMILES string of the molecule is C=CC(=O)N1CCC[C@H](c2nn(-c3ccc(Oc4cccc(F)c4)cc3)c3c(N)n[nH]c(=O)c23)C1. The number of amides is 1. The predicted molar refractivity (Wildman–Crippen MR) is 129 cm³/mol. The maximum atomic E-state index is 13.5. The van der Waals surface area contributed by atoms with Crippen molar-refractivity contribution in [2.75, 3.05) is 18.8 Å². The second-order valence-corrected chi connectivity index (χ2v) is 8.34. The zero-order chi connectivity index (χ0) is 24.5. The van der Waals surface area contributed by atoms with Crippen LogP contribution in [0.25, 0.3) is 16.6 Å². The van der Waals surface area contributed by atoms with E-state index in [1.54, 1.807) is 46.0 Å². The molecule has 35 heavy (non-hydrogen) atoms. The minimum Gasteiger partial charge on any atom is -0.457 e. The maximum absolute atomic E-state index is 13.5. The molecule has 1 aliphatic rings. The second-order valence-electron chi connectivity index (χ2n) is 8.34. The molecule has 3 heterocycles. The number of ether oxygens (including phenoxy) is 1. The fraction of sp³-hybridized carbons (Fsp3) is 0.200. The molecule has 2 aromatic heterocycles. The molecule has 5 rings (SSSR count). The van der Waals surface area contributed by atoms with Gasteiger partial charge < -0.3 is 15.4 Å². The zero-order valence-electron chi connectivity index (χ0n) is 18.8. The van der Waals surface area contributed by atoms with E-state index < -0.39 is 5.56 Å². The Labute approximate surface area is 199 Å². The first-order chi connectivity index (χ1) is 16.9. The summed E-state index contributed by atoms with van der Waals surface area (Å²) >= 11 is 0. The summed E-state index contributed by atoms with van der Waals surface area (Å²) in [6, 6.07) is 12.8. The molecule has 0 radical (unpaired) electrons. The van der Waals surface area contributed by atoms with Gasteiger partial charge in [0.1, 0.15) is 22.8 Å². The minimum absolute atomic E-state index is 0.133. The van der Waals surface area contributed by atoms with E-state index >= 15 is 0 Å². The van der Waals surface area contributed by atoms with Crippen LogP contribution in [0, 0.1) is 5.82 Å². The quantitative estimate of drug-likeness (QED) is 0.427. The average Bonchev–Trinajstić information content (AvgIpc) is 3.28. The van der Waals surface area contributed by atoms with Crippen molar-refractivity contribution in [3.63, 3.8) is 0 Å². The summed E-state index contributed by atoms with van der Waals surface area (Å²) in [5.74, 6) is 0.329. The molecule has 9 nitrogen and oxygen atoms in total. The van der Waals surface area contributed by atoms with E-state index in [9.17, 15) is 14.0 Å². The van der Waals surface area contributed by atoms with Gasteiger partial charge >= 0.3 is 0 Å². The number of nitrogens with zero attached hydrogens (tertiary/aromatic N) is 4. The lowest BCUT2D eigenvalue weighted by molar-refractivity contribution is -0.127. The van der Waals surface area contributed by atoms with E-state index in [-0.39, 0.29) is 23.5 Å². The van der Waals surface area contributed by atoms with Gasteiger partial charge in [0.2, 0.25) is 5.91 Å². The van der Waals surface area contributed by atoms with Crippen molar-refractivity contribution in [1.82, 2.24) is 24.9 Å². The lowest BCUT2D eigenvalue weighted by atomic mass is 9.93. The molecule has 2 aromatic carbocycles. The average molecular weight is 474 g/mol. The molecule has 1 amide bonds. The largest absolute Gasteiger partial charge is 0.457 e. The van der Waals surface area contributed by atoms with Gasteiger partial charge in [-0.1, -0.05) is 12.6 Å². The number of piperidine rings is 1. The first-order valence-electron chi connectivity index (χ1n) is 11.2. The number of aromatic nitrogens is 4. The summed E-state index contributed by atoms with van der Waals surface area (Å²) in [6.45, 7) is 4.63. The third kappa shape index (κ3) is 4.25. The molecule has 178 valence electrons. The standard InChI is InChI=1S/C25H23FN6O3/c1-2-20(33)31-12-4-5-15(14-31)22-21-23(24(27)28-29-25(21)34)32(30-22)17-8-10-18(11-9-17)35-19-7-3-6-16(26)13-19/h2-3,6-11,13,15H,1,4-5,12,14H2,(H2,27,28)(H,29,34)/t15-/m0/s1. The van der Waals surface area contributed by atoms with Gasteiger partial charge in [-0.15, -0.1) is 0 Å². The lowest BCUT2D eigenvalue weighted by Crippen LogP contribution is -2.38. The van der Waals surface area contributed by atoms with Crippen LogP contribution in [-0.2, 0) is 4.79 Å². The van der Waals surface area contributed by atoms with Crippen molar-refractivity contribution in [3.8, 4) is 17.2 Å². The summed E-state index contributed by atoms with van der Waals surface area (Å²) in [6.07, 6.45) is 2.85. The van der Waals surface area contributed by atoms with Crippen LogP contribution in [-0.4, -0.2) is 43.9 Å². The summed E-state index contributed by atoms with van der Waals surface area (Å²) in [5, 5.41) is 11.5. The fourth-order valence-electron chi connectivity index (χ4n) is 4.44. The Bertz CT molecular complexity index is 1480. The Kier molecular flexibility index (Phi) is 5.77. The number of nitrogen functional groups attached to an aromatic ring is 1. The number of H-pyrrole nitrogens is 1. The lowest BCUT2D eigenvalue weighted by Gasteiger charge is -2.31. The molecule has 0 spiro atoms. The van der Waals surface area contributed by atoms with Crippen LogP contribution in [0.5, 0.6) is 11.5 Å². The van der Waals surface area contributed by atoms with Crippen LogP contribution in [0.4, 0.5) is 10.2 Å². The molecular formula is C25H23FN6O3. The molecule has 0 unspecified atom stereocenters. The Balaban J connectivity index is 1.53. The van der Waals surface area contributed by atoms with Gasteiger partial charge in [0.25, 0.3) is 5.56 Å². The number of likely N-dealkylation sites (tertiary alicyclic amines) is 1. The van der Waals surface area contributed by atoms with Crippen molar-refractivity contribution in [3.05, 3.63) is 83.1 Å². The van der Waals surface area contributed by atoms with E-state index in [2.05, 4.69) is 16.8 Å². The van der Waals surface area contributed by atoms with Crippen molar-refractivity contribution >= 4 is 22.6 Å². The van der Waals surface area contributed by atoms with Gasteiger partial charge in [0, 0.05) is 25.1 Å². The number of anilines is 1. The molecule has 4 aromatic rings. The second kappa shape index (κ2) is 9.05. The number of benzene rings is 2. The number of nitrogens with one attached hydrogen (secondary N) is 1. The van der Waals surface area contributed by atoms with Crippen molar-refractivity contribution in [1.29, 1.82) is 0 Å². The van der Waals surface area contributed by atoms with Gasteiger partial charge in [-0.2, -0.15) is 10.2 Å². The van der Waals surface area contributed by atoms with Gasteiger partial charge in [-0.05, 0) is 55.3 Å². The van der Waals surface area contributed by atoms with Gasteiger partial charge in [0.05, 0.1) is 16.8 Å². The summed E-state index contributed by atoms with van der Waals surface area (Å²) < 4.78 is 20.8. The molecule has 10 heteroatoms. The van der Waals surface area contributed by atoms with Gasteiger partial charge in [-0.3, -0.25) is 9.59 Å². The van der Waals surface area contributed by atoms with Crippen LogP contribution in [0.1, 0.15) is 24.5 Å². The molecular weight excluding hydrogens is 451 g/mol. The van der Waals surface area contributed by atoms with Crippen molar-refractivity contribution in [2.45, 2.75) is 18.8 Å². The molecule has 1 aliphatic heterocycles. The highest BCUT2D eigenvalue weighted by Gasteiger charge is 2.30. The van der Waals surface area contributed by atoms with Crippen molar-refractivity contribution in [2.24, 2.45) is 0 Å². The van der Waals surface area contributed by atoms with Gasteiger partial charge in [0.15, 0.2) is 5.82 Å². The number of fused-ring (bicyclic) bond motifs is 1. The van der Waals surface area contributed by atoms with E-state index in [1.807, 2.05) is 0 Å². The Hall–Kier alpha value is -4.47. The van der Waals surface area contributed by atoms with E-state index in [0.29, 0.717) is 46.9 Å². The third-order valence-electron chi connectivity index (χ3n) is 6.07. The Morgan fingerprint density at radius 2 is 2.03 bits per heavy atom. The number of carbonyl (C=O) groups is 1. The first-order valence-corrected chi connectivity index (χ1v) is 11.2. The maximum Gasteiger partial charge on any atom is 0.275 e. The summed E-state index contributed by atoms with van der Waals surface area (Å²) in [4.78, 5) is 26.7. The number of rotatable bonds is 5. The zero-order valence-corrected chi connectivity index (χ0v) is 18.8. The first kappa shape index (κ1) is 22.3. The fourth-order valence-corrected chi connectivity index (χ4v) is 4.44. The van der Waals surface area contributed by atoms with E-state index in [1.165, 1.54) is 18.2 Å². The van der Waals surface area contributed by atoms with Crippen LogP contribution in [0.2, 0.25) is 0 Å². The molecule has 1 saturated heterocycles. The number of aromatic amines is 1. The third-order valence-corrected chi connectivity index (χ3v) is 6.07. The highest BCUT2D eigenvalue weighted by molar-refractivity contribution is 5.91. The monoisotopic (exact) mass is 474 g/mol. The van der Waals surface area contributed by atoms with E-state index in [0.717, 1.165) is 12.8 Å². The van der Waals surface area contributed by atoms with Crippen LogP contribution < -0.4 is 16.0 Å². The number of halogens is 1. The minimum atomic E-state index is -0.395. The smallest absolute Gasteiger partial charge is 0.275 e. The van der Waals surface area contributed by atoms with Crippen molar-refractivity contribution < 1.29 is 13.9 Å². The Morgan fingerprint density at radius 1 is 1.23 bits per heavy atom. The molecule has 1 fully saturated rings. The van der Waals surface area contributed by atoms with Crippen LogP contribution in [0.15, 0.2) is 66.0 Å². The highest BCUT2D eigenvalue weighted by atomic mass is 19.1. The topological polar surface area (TPSA) is 119 Å². The van der Waals surface area contributed by atoms with Crippen LogP contribution in [0.3, 0.4) is 0 Å². The molecule has 0 saturated carbocycles. The van der Waals surface area contributed by atoms with E-state index in [4.69, 9.17) is 15.6 Å². The Morgan fingerprint density at radius 3 is 2.77 bits per heavy atom. The molecule has 1 atom stereocenters. The number of carbonyl (C=O) groups excluding carboxylic acids is 1.